The van der Waals surface area contributed by atoms with Gasteiger partial charge >= 0.3 is 0 Å². The lowest BCUT2D eigenvalue weighted by molar-refractivity contribution is -0.174. The molecule has 0 atom stereocenters. The van der Waals surface area contributed by atoms with Gasteiger partial charge in [0.15, 0.2) is 0 Å². The molecule has 0 aromatic heterocycles. The lowest BCUT2D eigenvalue weighted by Crippen LogP contribution is -2.58. The van der Waals surface area contributed by atoms with Gasteiger partial charge in [-0.2, -0.15) is 0 Å². The summed E-state index contributed by atoms with van der Waals surface area (Å²) in [5, 5.41) is 0. The molecule has 4 nitrogen and oxygen atoms in total. The van der Waals surface area contributed by atoms with Gasteiger partial charge in [0.2, 0.25) is 5.91 Å². The van der Waals surface area contributed by atoms with Crippen molar-refractivity contribution in [2.45, 2.75) is 20.3 Å². The summed E-state index contributed by atoms with van der Waals surface area (Å²) in [7, 11) is 0. The predicted octanol–water partition coefficient (Wildman–Crippen LogP) is 0.577. The number of rotatable bonds is 3. The van der Waals surface area contributed by atoms with Crippen LogP contribution >= 0.6 is 0 Å². The molecule has 0 unspecified atom stereocenters. The number of likely N-dealkylation sites (N-methyl/N-ethyl adjacent to an activating group) is 1. The SMILES string of the molecule is CCN1CCN(C(=O)C2(CC)COC2)CC1. The summed E-state index contributed by atoms with van der Waals surface area (Å²) in [5.74, 6) is 0.317. The summed E-state index contributed by atoms with van der Waals surface area (Å²) in [6.07, 6.45) is 0.903. The van der Waals surface area contributed by atoms with Gasteiger partial charge in [-0.3, -0.25) is 4.79 Å². The van der Waals surface area contributed by atoms with Crippen LogP contribution in [0.15, 0.2) is 0 Å². The average Bonchev–Trinajstić information content (AvgIpc) is 2.28. The van der Waals surface area contributed by atoms with Gasteiger partial charge < -0.3 is 14.5 Å². The third-order valence-electron chi connectivity index (χ3n) is 3.99. The topological polar surface area (TPSA) is 32.8 Å². The van der Waals surface area contributed by atoms with Crippen LogP contribution in [0.3, 0.4) is 0 Å². The number of nitrogens with zero attached hydrogens (tertiary/aromatic N) is 2. The van der Waals surface area contributed by atoms with E-state index in [9.17, 15) is 4.79 Å². The predicted molar refractivity (Wildman–Crippen MR) is 62.2 cm³/mol. The van der Waals surface area contributed by atoms with Gasteiger partial charge in [0.05, 0.1) is 18.6 Å². The molecule has 0 aromatic rings. The fourth-order valence-corrected chi connectivity index (χ4v) is 2.43. The van der Waals surface area contributed by atoms with Crippen LogP contribution in [-0.2, 0) is 9.53 Å². The molecule has 2 aliphatic heterocycles. The van der Waals surface area contributed by atoms with Crippen molar-refractivity contribution in [1.82, 2.24) is 9.80 Å². The van der Waals surface area contributed by atoms with Crippen molar-refractivity contribution < 1.29 is 9.53 Å². The smallest absolute Gasteiger partial charge is 0.233 e. The second-order valence-electron chi connectivity index (χ2n) is 4.85. The number of hydrogen-bond acceptors (Lipinski definition) is 3. The molecule has 2 aliphatic rings. The number of carbonyl (C=O) groups is 1. The molecule has 2 saturated heterocycles. The largest absolute Gasteiger partial charge is 0.379 e. The Bertz CT molecular complexity index is 250. The van der Waals surface area contributed by atoms with Gasteiger partial charge in [-0.1, -0.05) is 13.8 Å². The standard InChI is InChI=1S/C12H22N2O2/c1-3-12(9-16-10-12)11(15)14-7-5-13(4-2)6-8-14/h3-10H2,1-2H3. The van der Waals surface area contributed by atoms with Crippen molar-refractivity contribution in [2.75, 3.05) is 45.9 Å². The van der Waals surface area contributed by atoms with Crippen LogP contribution in [0.25, 0.3) is 0 Å². The average molecular weight is 226 g/mol. The number of ether oxygens (including phenoxy) is 1. The molecule has 0 radical (unpaired) electrons. The maximum atomic E-state index is 12.4. The van der Waals surface area contributed by atoms with E-state index in [4.69, 9.17) is 4.74 Å². The van der Waals surface area contributed by atoms with E-state index in [1.165, 1.54) is 0 Å². The van der Waals surface area contributed by atoms with Crippen LogP contribution in [-0.4, -0.2) is 61.6 Å². The molecule has 0 aliphatic carbocycles. The van der Waals surface area contributed by atoms with E-state index in [2.05, 4.69) is 18.7 Å². The summed E-state index contributed by atoms with van der Waals surface area (Å²) in [6, 6.07) is 0. The zero-order chi connectivity index (χ0) is 11.6. The molecule has 0 N–H and O–H groups in total. The van der Waals surface area contributed by atoms with Crippen LogP contribution < -0.4 is 0 Å². The molecule has 2 fully saturated rings. The zero-order valence-electron chi connectivity index (χ0n) is 10.4. The fraction of sp³-hybridized carbons (Fsp3) is 0.917. The van der Waals surface area contributed by atoms with Gasteiger partial charge in [-0.25, -0.2) is 0 Å². The molecule has 92 valence electrons. The Morgan fingerprint density at radius 3 is 2.19 bits per heavy atom. The minimum Gasteiger partial charge on any atom is -0.379 e. The maximum Gasteiger partial charge on any atom is 0.233 e. The molecule has 1 amide bonds. The molecule has 2 rings (SSSR count). The van der Waals surface area contributed by atoms with Crippen molar-refractivity contribution in [1.29, 1.82) is 0 Å². The van der Waals surface area contributed by atoms with Crippen molar-refractivity contribution >= 4 is 5.91 Å². The second-order valence-corrected chi connectivity index (χ2v) is 4.85. The van der Waals surface area contributed by atoms with E-state index in [0.717, 1.165) is 39.1 Å². The second kappa shape index (κ2) is 4.72. The van der Waals surface area contributed by atoms with Crippen LogP contribution in [0.2, 0.25) is 0 Å². The Balaban J connectivity index is 1.91. The van der Waals surface area contributed by atoms with Gasteiger partial charge in [-0.15, -0.1) is 0 Å². The van der Waals surface area contributed by atoms with E-state index in [0.29, 0.717) is 19.1 Å². The third kappa shape index (κ3) is 1.96. The molecule has 0 spiro atoms. The lowest BCUT2D eigenvalue weighted by atomic mass is 9.81. The maximum absolute atomic E-state index is 12.4. The highest BCUT2D eigenvalue weighted by Crippen LogP contribution is 2.33. The molecule has 0 aromatic carbocycles. The Morgan fingerprint density at radius 2 is 1.81 bits per heavy atom. The molecule has 0 saturated carbocycles. The van der Waals surface area contributed by atoms with Crippen LogP contribution in [0.5, 0.6) is 0 Å². The number of carbonyl (C=O) groups excluding carboxylic acids is 1. The van der Waals surface area contributed by atoms with Crippen molar-refractivity contribution in [3.05, 3.63) is 0 Å². The van der Waals surface area contributed by atoms with E-state index in [-0.39, 0.29) is 5.41 Å². The first-order valence-electron chi connectivity index (χ1n) is 6.31. The monoisotopic (exact) mass is 226 g/mol. The molecular weight excluding hydrogens is 204 g/mol. The summed E-state index contributed by atoms with van der Waals surface area (Å²) in [6.45, 7) is 10.4. The minimum atomic E-state index is -0.186. The fourth-order valence-electron chi connectivity index (χ4n) is 2.43. The molecule has 2 heterocycles. The van der Waals surface area contributed by atoms with Crippen LogP contribution in [0.4, 0.5) is 0 Å². The number of amides is 1. The summed E-state index contributed by atoms with van der Waals surface area (Å²) in [5.41, 5.74) is -0.186. The first-order chi connectivity index (χ1) is 7.72. The summed E-state index contributed by atoms with van der Waals surface area (Å²) < 4.78 is 5.23. The van der Waals surface area contributed by atoms with Gasteiger partial charge in [0.1, 0.15) is 0 Å². The highest BCUT2D eigenvalue weighted by molar-refractivity contribution is 5.84. The Kier molecular flexibility index (Phi) is 3.50. The highest BCUT2D eigenvalue weighted by atomic mass is 16.5. The molecule has 4 heteroatoms. The summed E-state index contributed by atoms with van der Waals surface area (Å²) in [4.78, 5) is 16.8. The van der Waals surface area contributed by atoms with E-state index in [1.54, 1.807) is 0 Å². The van der Waals surface area contributed by atoms with Crippen molar-refractivity contribution in [3.8, 4) is 0 Å². The number of hydrogen-bond donors (Lipinski definition) is 0. The van der Waals surface area contributed by atoms with Gasteiger partial charge in [0, 0.05) is 26.2 Å². The molecule has 16 heavy (non-hydrogen) atoms. The van der Waals surface area contributed by atoms with Gasteiger partial charge in [0.25, 0.3) is 0 Å². The van der Waals surface area contributed by atoms with Crippen molar-refractivity contribution in [3.63, 3.8) is 0 Å². The Morgan fingerprint density at radius 1 is 1.19 bits per heavy atom. The zero-order valence-corrected chi connectivity index (χ0v) is 10.4. The first kappa shape index (κ1) is 11.9. The normalized spacial score (nSPS) is 25.2. The molecule has 0 bridgehead atoms. The summed E-state index contributed by atoms with van der Waals surface area (Å²) >= 11 is 0. The lowest BCUT2D eigenvalue weighted by Gasteiger charge is -2.44. The molecular formula is C12H22N2O2. The van der Waals surface area contributed by atoms with Crippen molar-refractivity contribution in [2.24, 2.45) is 5.41 Å². The highest BCUT2D eigenvalue weighted by Gasteiger charge is 2.46. The minimum absolute atomic E-state index is 0.186. The Hall–Kier alpha value is -0.610. The Labute approximate surface area is 97.5 Å². The van der Waals surface area contributed by atoms with Crippen LogP contribution in [0.1, 0.15) is 20.3 Å². The van der Waals surface area contributed by atoms with Gasteiger partial charge in [-0.05, 0) is 13.0 Å². The quantitative estimate of drug-likeness (QED) is 0.705. The first-order valence-corrected chi connectivity index (χ1v) is 6.31. The van der Waals surface area contributed by atoms with Crippen LogP contribution in [0, 0.1) is 5.41 Å². The third-order valence-corrected chi connectivity index (χ3v) is 3.99. The van der Waals surface area contributed by atoms with E-state index >= 15 is 0 Å². The van der Waals surface area contributed by atoms with E-state index in [1.807, 2.05) is 4.90 Å². The van der Waals surface area contributed by atoms with E-state index < -0.39 is 0 Å². The number of piperazine rings is 1.